The number of fused-ring (bicyclic) bond motifs is 4. The lowest BCUT2D eigenvalue weighted by molar-refractivity contribution is -0.149. The van der Waals surface area contributed by atoms with E-state index in [1.54, 1.807) is 18.9 Å². The lowest BCUT2D eigenvalue weighted by atomic mass is 9.51. The second-order valence-corrected chi connectivity index (χ2v) is 12.8. The summed E-state index contributed by atoms with van der Waals surface area (Å²) in [6.07, 6.45) is 11.1. The molecule has 2 fully saturated rings. The van der Waals surface area contributed by atoms with E-state index in [0.717, 1.165) is 68.0 Å². The van der Waals surface area contributed by atoms with Crippen LogP contribution in [-0.2, 0) is 19.1 Å². The Kier molecular flexibility index (Phi) is 8.51. The van der Waals surface area contributed by atoms with Gasteiger partial charge < -0.3 is 14.3 Å². The van der Waals surface area contributed by atoms with E-state index in [4.69, 9.17) is 14.3 Å². The molecule has 0 heterocycles. The number of carbonyl (C=O) groups is 2. The highest BCUT2D eigenvalue weighted by molar-refractivity contribution is 8.13. The minimum atomic E-state index is -0.379. The Hall–Kier alpha value is -2.22. The van der Waals surface area contributed by atoms with Crippen molar-refractivity contribution in [2.24, 2.45) is 22.4 Å². The SMILES string of the molecule is CCCSC(=O)O/N=C/c1ccc([C@H]2C[C@@]3(C)C(CC[C@]3(COC)OC)C3CCC4=CC(=O)CCC4=C32)cc1. The van der Waals surface area contributed by atoms with E-state index in [9.17, 15) is 9.59 Å². The number of thioether (sulfide) groups is 1. The van der Waals surface area contributed by atoms with Crippen LogP contribution < -0.4 is 0 Å². The van der Waals surface area contributed by atoms with Crippen LogP contribution in [0.25, 0.3) is 0 Å². The summed E-state index contributed by atoms with van der Waals surface area (Å²) in [6, 6.07) is 8.50. The van der Waals surface area contributed by atoms with Crippen molar-refractivity contribution in [2.75, 3.05) is 26.6 Å². The molecule has 7 heteroatoms. The first-order valence-electron chi connectivity index (χ1n) is 14.3. The molecule has 39 heavy (non-hydrogen) atoms. The number of ketones is 1. The maximum atomic E-state index is 12.3. The molecule has 2 unspecified atom stereocenters. The number of methoxy groups -OCH3 is 2. The molecule has 5 atom stereocenters. The highest BCUT2D eigenvalue weighted by Crippen LogP contribution is 2.67. The van der Waals surface area contributed by atoms with Crippen molar-refractivity contribution in [3.63, 3.8) is 0 Å². The molecule has 0 N–H and O–H groups in total. The smallest absolute Gasteiger partial charge is 0.382 e. The van der Waals surface area contributed by atoms with Gasteiger partial charge in [-0.05, 0) is 96.9 Å². The van der Waals surface area contributed by atoms with Crippen LogP contribution in [-0.4, -0.2) is 49.5 Å². The van der Waals surface area contributed by atoms with E-state index in [1.165, 1.54) is 16.7 Å². The Balaban J connectivity index is 1.49. The first-order valence-corrected chi connectivity index (χ1v) is 15.3. The summed E-state index contributed by atoms with van der Waals surface area (Å²) < 4.78 is 12.1. The van der Waals surface area contributed by atoms with E-state index in [0.29, 0.717) is 24.9 Å². The van der Waals surface area contributed by atoms with Gasteiger partial charge in [-0.3, -0.25) is 4.79 Å². The first-order chi connectivity index (χ1) is 18.9. The van der Waals surface area contributed by atoms with Crippen LogP contribution in [0.4, 0.5) is 4.79 Å². The molecule has 5 rings (SSSR count). The van der Waals surface area contributed by atoms with Crippen molar-refractivity contribution in [2.45, 2.75) is 76.7 Å². The minimum absolute atomic E-state index is 0.0205. The molecule has 4 aliphatic carbocycles. The van der Waals surface area contributed by atoms with Gasteiger partial charge in [-0.15, -0.1) is 0 Å². The number of nitrogens with zero attached hydrogens (tertiary/aromatic N) is 1. The Labute approximate surface area is 236 Å². The summed E-state index contributed by atoms with van der Waals surface area (Å²) in [7, 11) is 3.63. The summed E-state index contributed by atoms with van der Waals surface area (Å²) in [5.74, 6) is 2.27. The maximum absolute atomic E-state index is 12.3. The molecule has 2 saturated carbocycles. The Morgan fingerprint density at radius 3 is 2.67 bits per heavy atom. The third kappa shape index (κ3) is 5.18. The van der Waals surface area contributed by atoms with Gasteiger partial charge in [0, 0.05) is 37.7 Å². The standard InChI is InChI=1S/C32H41NO5S/c1-5-16-39-30(35)38-33-19-21-6-8-22(9-7-21)27-18-31(2)28(14-15-32(31,37-4)20-36-3)26-12-10-23-17-24(34)11-13-25(23)29(26)27/h6-9,17,19,26-28H,5,10-16,18,20H2,1-4H3/b33-19+/t26?,27-,28?,31+,32-/m1/s1. The molecule has 4 aliphatic rings. The fourth-order valence-corrected chi connectivity index (χ4v) is 8.52. The summed E-state index contributed by atoms with van der Waals surface area (Å²) in [6.45, 7) is 5.06. The van der Waals surface area contributed by atoms with Gasteiger partial charge in [0.25, 0.3) is 0 Å². The van der Waals surface area contributed by atoms with Crippen molar-refractivity contribution in [1.29, 1.82) is 0 Å². The number of rotatable bonds is 8. The molecule has 0 radical (unpaired) electrons. The average molecular weight is 552 g/mol. The molecule has 6 nitrogen and oxygen atoms in total. The van der Waals surface area contributed by atoms with Gasteiger partial charge in [0.05, 0.1) is 18.4 Å². The van der Waals surface area contributed by atoms with Crippen molar-refractivity contribution >= 4 is 29.1 Å². The molecule has 1 aromatic rings. The summed E-state index contributed by atoms with van der Waals surface area (Å²) in [5.41, 5.74) is 6.13. The van der Waals surface area contributed by atoms with E-state index < -0.39 is 0 Å². The Morgan fingerprint density at radius 2 is 1.95 bits per heavy atom. The van der Waals surface area contributed by atoms with Crippen LogP contribution in [0, 0.1) is 17.3 Å². The third-order valence-corrected chi connectivity index (χ3v) is 10.8. The third-order valence-electron chi connectivity index (χ3n) is 9.88. The lowest BCUT2D eigenvalue weighted by Gasteiger charge is -2.55. The Morgan fingerprint density at radius 1 is 1.15 bits per heavy atom. The fourth-order valence-electron chi connectivity index (χ4n) is 8.06. The monoisotopic (exact) mass is 551 g/mol. The molecular formula is C32H41NO5S. The van der Waals surface area contributed by atoms with Crippen LogP contribution in [0.1, 0.15) is 82.3 Å². The molecular weight excluding hydrogens is 510 g/mol. The normalized spacial score (nSPS) is 32.1. The average Bonchev–Trinajstić information content (AvgIpc) is 3.23. The van der Waals surface area contributed by atoms with Gasteiger partial charge >= 0.3 is 5.30 Å². The zero-order valence-electron chi connectivity index (χ0n) is 23.7. The predicted octanol–water partition coefficient (Wildman–Crippen LogP) is 7.23. The van der Waals surface area contributed by atoms with Gasteiger partial charge in [-0.1, -0.05) is 48.8 Å². The summed E-state index contributed by atoms with van der Waals surface area (Å²) in [4.78, 5) is 29.0. The van der Waals surface area contributed by atoms with E-state index in [2.05, 4.69) is 36.3 Å². The van der Waals surface area contributed by atoms with E-state index >= 15 is 0 Å². The number of ether oxygens (including phenoxy) is 2. The number of hydrogen-bond acceptors (Lipinski definition) is 7. The summed E-state index contributed by atoms with van der Waals surface area (Å²) in [5, 5.41) is 3.51. The number of oxime groups is 1. The number of benzene rings is 1. The van der Waals surface area contributed by atoms with Crippen LogP contribution in [0.2, 0.25) is 0 Å². The molecule has 0 aliphatic heterocycles. The van der Waals surface area contributed by atoms with E-state index in [1.807, 2.05) is 20.1 Å². The topological polar surface area (TPSA) is 74.2 Å². The molecule has 0 aromatic heterocycles. The number of carbonyl (C=O) groups excluding carboxylic acids is 2. The molecule has 0 spiro atoms. The highest BCUT2D eigenvalue weighted by Gasteiger charge is 2.63. The van der Waals surface area contributed by atoms with Gasteiger partial charge in [0.2, 0.25) is 0 Å². The summed E-state index contributed by atoms with van der Waals surface area (Å²) >= 11 is 1.14. The molecule has 210 valence electrons. The van der Waals surface area contributed by atoms with Gasteiger partial charge in [-0.2, -0.15) is 0 Å². The predicted molar refractivity (Wildman–Crippen MR) is 155 cm³/mol. The van der Waals surface area contributed by atoms with Crippen LogP contribution in [0.3, 0.4) is 0 Å². The zero-order chi connectivity index (χ0) is 27.6. The van der Waals surface area contributed by atoms with Crippen LogP contribution >= 0.6 is 11.8 Å². The lowest BCUT2D eigenvalue weighted by Crippen LogP contribution is -2.54. The molecule has 0 saturated heterocycles. The molecule has 1 aromatic carbocycles. The molecule has 0 bridgehead atoms. The zero-order valence-corrected chi connectivity index (χ0v) is 24.5. The first kappa shape index (κ1) is 28.3. The van der Waals surface area contributed by atoms with Crippen molar-refractivity contribution in [1.82, 2.24) is 0 Å². The van der Waals surface area contributed by atoms with Gasteiger partial charge in [0.1, 0.15) is 0 Å². The second kappa shape index (κ2) is 11.7. The largest absolute Gasteiger partial charge is 0.393 e. The quantitative estimate of drug-likeness (QED) is 0.193. The fraction of sp³-hybridized carbons (Fsp3) is 0.594. The van der Waals surface area contributed by atoms with Crippen LogP contribution in [0.5, 0.6) is 0 Å². The Bertz CT molecular complexity index is 1190. The minimum Gasteiger partial charge on any atom is -0.382 e. The molecule has 0 amide bonds. The van der Waals surface area contributed by atoms with Gasteiger partial charge in [0.15, 0.2) is 5.78 Å². The van der Waals surface area contributed by atoms with Crippen molar-refractivity contribution in [3.05, 3.63) is 58.2 Å². The number of allylic oxidation sites excluding steroid dienone is 4. The second-order valence-electron chi connectivity index (χ2n) is 11.8. The van der Waals surface area contributed by atoms with Crippen LogP contribution in [0.15, 0.2) is 52.2 Å². The van der Waals surface area contributed by atoms with E-state index in [-0.39, 0.29) is 28.0 Å². The maximum Gasteiger partial charge on any atom is 0.393 e. The van der Waals surface area contributed by atoms with Gasteiger partial charge in [-0.25, -0.2) is 4.79 Å². The highest BCUT2D eigenvalue weighted by atomic mass is 32.2. The van der Waals surface area contributed by atoms with Crippen molar-refractivity contribution < 1.29 is 23.9 Å². The van der Waals surface area contributed by atoms with Crippen molar-refractivity contribution in [3.8, 4) is 0 Å². The number of hydrogen-bond donors (Lipinski definition) is 0.